The van der Waals surface area contributed by atoms with Gasteiger partial charge in [0.05, 0.1) is 12.0 Å². The maximum atomic E-state index is 12.1. The molecule has 0 aliphatic carbocycles. The van der Waals surface area contributed by atoms with Gasteiger partial charge in [0, 0.05) is 17.9 Å². The van der Waals surface area contributed by atoms with E-state index in [9.17, 15) is 4.79 Å². The van der Waals surface area contributed by atoms with Crippen LogP contribution in [0.15, 0.2) is 12.7 Å². The normalized spacial score (nSPS) is 17.6. The molecule has 4 heterocycles. The highest BCUT2D eigenvalue weighted by Crippen LogP contribution is 2.40. The number of hydrogen-bond donors (Lipinski definition) is 2. The van der Waals surface area contributed by atoms with Gasteiger partial charge in [0.15, 0.2) is 11.5 Å². The lowest BCUT2D eigenvalue weighted by Gasteiger charge is -2.26. The molecule has 0 bridgehead atoms. The van der Waals surface area contributed by atoms with Crippen LogP contribution in [0.25, 0.3) is 17.0 Å². The summed E-state index contributed by atoms with van der Waals surface area (Å²) in [6, 6.07) is 0. The van der Waals surface area contributed by atoms with Crippen molar-refractivity contribution >= 4 is 22.9 Å². The van der Waals surface area contributed by atoms with Crippen molar-refractivity contribution in [2.24, 2.45) is 5.92 Å². The summed E-state index contributed by atoms with van der Waals surface area (Å²) < 4.78 is 1.68. The van der Waals surface area contributed by atoms with E-state index in [2.05, 4.69) is 44.2 Å². The minimum absolute atomic E-state index is 0.00672. The number of nitrogens with zero attached hydrogens (tertiary/aromatic N) is 5. The Labute approximate surface area is 132 Å². The Morgan fingerprint density at radius 2 is 2.13 bits per heavy atom. The van der Waals surface area contributed by atoms with E-state index in [4.69, 9.17) is 0 Å². The smallest absolute Gasteiger partial charge is 0.226 e. The standard InChI is InChI=1S/C15H17N7O/c1-7(2)9-4-10(23)20-14-11(9)8(3)21-22(14)15-12-13(17-5-16-12)18-6-19-15/h5-7,9H,4H2,1-3H3,(H,20,23)(H,16,17,18,19)/t9-/m1/s1. The third-order valence-corrected chi connectivity index (χ3v) is 4.35. The first kappa shape index (κ1) is 13.9. The topological polar surface area (TPSA) is 101 Å². The molecular formula is C15H17N7O. The molecule has 1 amide bonds. The van der Waals surface area contributed by atoms with Crippen LogP contribution in [-0.4, -0.2) is 35.6 Å². The maximum Gasteiger partial charge on any atom is 0.226 e. The number of carbonyl (C=O) groups excluding carboxylic acids is 1. The number of anilines is 1. The van der Waals surface area contributed by atoms with Crippen molar-refractivity contribution in [1.29, 1.82) is 0 Å². The van der Waals surface area contributed by atoms with Crippen LogP contribution in [-0.2, 0) is 4.79 Å². The van der Waals surface area contributed by atoms with Gasteiger partial charge in [-0.25, -0.2) is 15.0 Å². The molecule has 4 rings (SSSR count). The molecule has 1 aliphatic rings. The number of aromatic nitrogens is 6. The minimum atomic E-state index is 0.00672. The van der Waals surface area contributed by atoms with Crippen LogP contribution in [0, 0.1) is 12.8 Å². The number of fused-ring (bicyclic) bond motifs is 2. The second-order valence-electron chi connectivity index (χ2n) is 6.16. The lowest BCUT2D eigenvalue weighted by atomic mass is 9.83. The molecule has 3 aromatic rings. The van der Waals surface area contributed by atoms with Crippen LogP contribution in [0.2, 0.25) is 0 Å². The summed E-state index contributed by atoms with van der Waals surface area (Å²) >= 11 is 0. The first-order valence-corrected chi connectivity index (χ1v) is 7.60. The van der Waals surface area contributed by atoms with E-state index >= 15 is 0 Å². The van der Waals surface area contributed by atoms with E-state index < -0.39 is 0 Å². The Morgan fingerprint density at radius 3 is 2.91 bits per heavy atom. The number of aromatic amines is 1. The number of H-pyrrole nitrogens is 1. The van der Waals surface area contributed by atoms with Crippen molar-refractivity contribution in [3.63, 3.8) is 0 Å². The van der Waals surface area contributed by atoms with Crippen molar-refractivity contribution in [2.45, 2.75) is 33.1 Å². The molecule has 2 N–H and O–H groups in total. The van der Waals surface area contributed by atoms with Gasteiger partial charge in [-0.15, -0.1) is 0 Å². The number of carbonyl (C=O) groups is 1. The van der Waals surface area contributed by atoms with Crippen molar-refractivity contribution in [3.05, 3.63) is 23.9 Å². The quantitative estimate of drug-likeness (QED) is 0.753. The molecular weight excluding hydrogens is 294 g/mol. The highest BCUT2D eigenvalue weighted by molar-refractivity contribution is 5.95. The predicted molar refractivity (Wildman–Crippen MR) is 84.4 cm³/mol. The first-order chi connectivity index (χ1) is 11.1. The van der Waals surface area contributed by atoms with E-state index in [0.29, 0.717) is 35.1 Å². The lowest BCUT2D eigenvalue weighted by molar-refractivity contribution is -0.117. The van der Waals surface area contributed by atoms with Crippen LogP contribution < -0.4 is 5.32 Å². The van der Waals surface area contributed by atoms with Gasteiger partial charge in [-0.3, -0.25) is 4.79 Å². The van der Waals surface area contributed by atoms with Crippen molar-refractivity contribution < 1.29 is 4.79 Å². The Kier molecular flexibility index (Phi) is 2.93. The number of rotatable bonds is 2. The zero-order valence-electron chi connectivity index (χ0n) is 13.2. The Hall–Kier alpha value is -2.77. The summed E-state index contributed by atoms with van der Waals surface area (Å²) in [7, 11) is 0. The lowest BCUT2D eigenvalue weighted by Crippen LogP contribution is -2.26. The fourth-order valence-electron chi connectivity index (χ4n) is 3.22. The average molecular weight is 311 g/mol. The highest BCUT2D eigenvalue weighted by atomic mass is 16.1. The molecule has 1 atom stereocenters. The van der Waals surface area contributed by atoms with Crippen LogP contribution in [0.1, 0.15) is 37.4 Å². The molecule has 0 aromatic carbocycles. The molecule has 0 radical (unpaired) electrons. The van der Waals surface area contributed by atoms with E-state index in [1.54, 1.807) is 11.0 Å². The molecule has 23 heavy (non-hydrogen) atoms. The van der Waals surface area contributed by atoms with Gasteiger partial charge < -0.3 is 10.3 Å². The Bertz CT molecular complexity index is 908. The van der Waals surface area contributed by atoms with Gasteiger partial charge in [-0.1, -0.05) is 13.8 Å². The predicted octanol–water partition coefficient (Wildman–Crippen LogP) is 1.93. The van der Waals surface area contributed by atoms with Gasteiger partial charge in [0.1, 0.15) is 17.7 Å². The Balaban J connectivity index is 1.97. The van der Waals surface area contributed by atoms with Crippen LogP contribution >= 0.6 is 0 Å². The van der Waals surface area contributed by atoms with Crippen LogP contribution in [0.5, 0.6) is 0 Å². The molecule has 0 spiro atoms. The fraction of sp³-hybridized carbons (Fsp3) is 0.400. The molecule has 3 aromatic heterocycles. The third-order valence-electron chi connectivity index (χ3n) is 4.35. The van der Waals surface area contributed by atoms with Crippen molar-refractivity contribution in [2.75, 3.05) is 5.32 Å². The molecule has 8 heteroatoms. The maximum absolute atomic E-state index is 12.1. The molecule has 0 fully saturated rings. The highest BCUT2D eigenvalue weighted by Gasteiger charge is 2.33. The number of aryl methyl sites for hydroxylation is 1. The van der Waals surface area contributed by atoms with Gasteiger partial charge in [-0.05, 0) is 12.8 Å². The summed E-state index contributed by atoms with van der Waals surface area (Å²) in [5, 5.41) is 7.58. The molecule has 118 valence electrons. The van der Waals surface area contributed by atoms with Gasteiger partial charge in [0.25, 0.3) is 0 Å². The van der Waals surface area contributed by atoms with Crippen LogP contribution in [0.3, 0.4) is 0 Å². The second-order valence-corrected chi connectivity index (χ2v) is 6.16. The molecule has 0 saturated heterocycles. The van der Waals surface area contributed by atoms with Gasteiger partial charge >= 0.3 is 0 Å². The first-order valence-electron chi connectivity index (χ1n) is 7.60. The van der Waals surface area contributed by atoms with E-state index in [0.717, 1.165) is 11.3 Å². The fourth-order valence-corrected chi connectivity index (χ4v) is 3.22. The minimum Gasteiger partial charge on any atom is -0.340 e. The summed E-state index contributed by atoms with van der Waals surface area (Å²) in [6.45, 7) is 6.22. The zero-order chi connectivity index (χ0) is 16.1. The second kappa shape index (κ2) is 4.87. The number of hydrogen-bond acceptors (Lipinski definition) is 5. The van der Waals surface area contributed by atoms with Gasteiger partial charge in [0.2, 0.25) is 5.91 Å². The molecule has 8 nitrogen and oxygen atoms in total. The largest absolute Gasteiger partial charge is 0.340 e. The number of amides is 1. The summed E-state index contributed by atoms with van der Waals surface area (Å²) in [6.07, 6.45) is 3.51. The SMILES string of the molecule is Cc1nn(-c2ncnc3nc[nH]c23)c2c1[C@@H](C(C)C)CC(=O)N2. The van der Waals surface area contributed by atoms with E-state index in [1.165, 1.54) is 6.33 Å². The number of nitrogens with one attached hydrogen (secondary N) is 2. The van der Waals surface area contributed by atoms with Crippen LogP contribution in [0.4, 0.5) is 5.82 Å². The average Bonchev–Trinajstić information content (AvgIpc) is 3.11. The van der Waals surface area contributed by atoms with E-state index in [-0.39, 0.29) is 11.8 Å². The van der Waals surface area contributed by atoms with Crippen molar-refractivity contribution in [3.8, 4) is 5.82 Å². The summed E-state index contributed by atoms with van der Waals surface area (Å²) in [5.74, 6) is 1.81. The molecule has 0 unspecified atom stereocenters. The molecule has 1 aliphatic heterocycles. The van der Waals surface area contributed by atoms with Crippen molar-refractivity contribution in [1.82, 2.24) is 29.7 Å². The van der Waals surface area contributed by atoms with E-state index in [1.807, 2.05) is 6.92 Å². The summed E-state index contributed by atoms with van der Waals surface area (Å²) in [5.41, 5.74) is 3.26. The molecule has 0 saturated carbocycles. The summed E-state index contributed by atoms with van der Waals surface area (Å²) in [4.78, 5) is 27.8. The number of imidazole rings is 1. The monoisotopic (exact) mass is 311 g/mol. The Morgan fingerprint density at radius 1 is 1.30 bits per heavy atom. The zero-order valence-corrected chi connectivity index (χ0v) is 13.2. The third kappa shape index (κ3) is 2.01. The van der Waals surface area contributed by atoms with Gasteiger partial charge in [-0.2, -0.15) is 9.78 Å².